The van der Waals surface area contributed by atoms with Crippen molar-refractivity contribution in [3.63, 3.8) is 0 Å². The summed E-state index contributed by atoms with van der Waals surface area (Å²) >= 11 is 0. The van der Waals surface area contributed by atoms with Crippen molar-refractivity contribution >= 4 is 29.9 Å². The quantitative estimate of drug-likeness (QED) is 0.425. The first-order valence-electron chi connectivity index (χ1n) is 7.99. The first-order valence-corrected chi connectivity index (χ1v) is 7.99. The molecule has 1 aromatic carbocycles. The molecule has 130 valence electrons. The lowest BCUT2D eigenvalue weighted by atomic mass is 10.0. The zero-order valence-electron chi connectivity index (χ0n) is 13.9. The Labute approximate surface area is 155 Å². The second kappa shape index (κ2) is 9.42. The molecule has 6 heteroatoms. The van der Waals surface area contributed by atoms with E-state index in [1.807, 2.05) is 18.9 Å². The normalized spacial score (nSPS) is 16.8. The fourth-order valence-corrected chi connectivity index (χ4v) is 2.82. The highest BCUT2D eigenvalue weighted by molar-refractivity contribution is 14.0. The Hall–Kier alpha value is -0.890. The minimum Gasteiger partial charge on any atom is -0.388 e. The highest BCUT2D eigenvalue weighted by Gasteiger charge is 2.30. The van der Waals surface area contributed by atoms with Crippen molar-refractivity contribution in [1.82, 2.24) is 10.2 Å². The van der Waals surface area contributed by atoms with Gasteiger partial charge < -0.3 is 15.3 Å². The van der Waals surface area contributed by atoms with E-state index < -0.39 is 5.60 Å². The van der Waals surface area contributed by atoms with Gasteiger partial charge >= 0.3 is 0 Å². The number of aliphatic imine (C=N–C) groups is 1. The minimum absolute atomic E-state index is 0. The van der Waals surface area contributed by atoms with E-state index in [2.05, 4.69) is 10.3 Å². The molecule has 4 nitrogen and oxygen atoms in total. The van der Waals surface area contributed by atoms with Crippen LogP contribution in [0.3, 0.4) is 0 Å². The van der Waals surface area contributed by atoms with Crippen LogP contribution in [0.1, 0.15) is 38.2 Å². The van der Waals surface area contributed by atoms with Gasteiger partial charge in [-0.05, 0) is 37.5 Å². The lowest BCUT2D eigenvalue weighted by molar-refractivity contribution is 0.0572. The van der Waals surface area contributed by atoms with Crippen molar-refractivity contribution in [2.24, 2.45) is 4.99 Å². The molecule has 0 atom stereocenters. The smallest absolute Gasteiger partial charge is 0.194 e. The molecule has 1 fully saturated rings. The second-order valence-corrected chi connectivity index (χ2v) is 6.08. The Bertz CT molecular complexity index is 501. The molecule has 2 N–H and O–H groups in total. The number of benzene rings is 1. The predicted octanol–water partition coefficient (Wildman–Crippen LogP) is 3.15. The number of aliphatic hydroxyl groups is 1. The van der Waals surface area contributed by atoms with Crippen LogP contribution < -0.4 is 5.32 Å². The summed E-state index contributed by atoms with van der Waals surface area (Å²) in [6, 6.07) is 6.49. The van der Waals surface area contributed by atoms with Crippen LogP contribution >= 0.6 is 24.0 Å². The number of nitrogens with one attached hydrogen (secondary N) is 1. The summed E-state index contributed by atoms with van der Waals surface area (Å²) in [6.45, 7) is 3.87. The molecule has 0 bridgehead atoms. The number of nitrogens with zero attached hydrogens (tertiary/aromatic N) is 2. The average molecular weight is 435 g/mol. The maximum Gasteiger partial charge on any atom is 0.194 e. The SMILES string of the molecule is CCNC(=NCC1(O)CCCC1)N(C)Cc1ccc(F)cc1.I. The number of guanidine groups is 1. The molecule has 0 unspecified atom stereocenters. The van der Waals surface area contributed by atoms with Crippen LogP contribution in [0.25, 0.3) is 0 Å². The maximum atomic E-state index is 13.0. The molecule has 0 radical (unpaired) electrons. The van der Waals surface area contributed by atoms with Gasteiger partial charge in [0.15, 0.2) is 5.96 Å². The summed E-state index contributed by atoms with van der Waals surface area (Å²) in [5.41, 5.74) is 0.381. The van der Waals surface area contributed by atoms with E-state index >= 15 is 0 Å². The van der Waals surface area contributed by atoms with Gasteiger partial charge in [-0.15, -0.1) is 24.0 Å². The summed E-state index contributed by atoms with van der Waals surface area (Å²) < 4.78 is 13.0. The molecular formula is C17H27FIN3O. The van der Waals surface area contributed by atoms with Gasteiger partial charge in [-0.2, -0.15) is 0 Å². The zero-order chi connectivity index (χ0) is 16.0. The first kappa shape index (κ1) is 20.2. The summed E-state index contributed by atoms with van der Waals surface area (Å²) in [7, 11) is 1.95. The number of rotatable bonds is 5. The molecule has 1 aliphatic carbocycles. The largest absolute Gasteiger partial charge is 0.388 e. The van der Waals surface area contributed by atoms with Crippen molar-refractivity contribution in [2.75, 3.05) is 20.1 Å². The first-order chi connectivity index (χ1) is 10.5. The lowest BCUT2D eigenvalue weighted by Gasteiger charge is -2.25. The number of hydrogen-bond acceptors (Lipinski definition) is 2. The lowest BCUT2D eigenvalue weighted by Crippen LogP contribution is -2.40. The van der Waals surface area contributed by atoms with Crippen LogP contribution in [0, 0.1) is 5.82 Å². The Morgan fingerprint density at radius 1 is 1.30 bits per heavy atom. The van der Waals surface area contributed by atoms with Crippen LogP contribution in [-0.2, 0) is 6.54 Å². The number of hydrogen-bond donors (Lipinski definition) is 2. The third kappa shape index (κ3) is 6.25. The molecule has 0 amide bonds. The molecule has 1 aliphatic rings. The van der Waals surface area contributed by atoms with E-state index in [4.69, 9.17) is 0 Å². The van der Waals surface area contributed by atoms with Crippen molar-refractivity contribution < 1.29 is 9.50 Å². The van der Waals surface area contributed by atoms with Crippen LogP contribution in [0.15, 0.2) is 29.3 Å². The van der Waals surface area contributed by atoms with Crippen LogP contribution in [0.5, 0.6) is 0 Å². The van der Waals surface area contributed by atoms with Gasteiger partial charge in [-0.25, -0.2) is 4.39 Å². The van der Waals surface area contributed by atoms with E-state index in [1.165, 1.54) is 12.1 Å². The van der Waals surface area contributed by atoms with Crippen molar-refractivity contribution in [1.29, 1.82) is 0 Å². The van der Waals surface area contributed by atoms with Crippen LogP contribution in [0.4, 0.5) is 4.39 Å². The Morgan fingerprint density at radius 2 is 1.91 bits per heavy atom. The maximum absolute atomic E-state index is 13.0. The Kier molecular flexibility index (Phi) is 8.25. The summed E-state index contributed by atoms with van der Waals surface area (Å²) in [6.07, 6.45) is 3.82. The topological polar surface area (TPSA) is 47.9 Å². The summed E-state index contributed by atoms with van der Waals surface area (Å²) in [5.74, 6) is 0.544. The fraction of sp³-hybridized carbons (Fsp3) is 0.588. The average Bonchev–Trinajstić information content (AvgIpc) is 2.93. The number of halogens is 2. The van der Waals surface area contributed by atoms with Crippen molar-refractivity contribution in [3.8, 4) is 0 Å². The van der Waals surface area contributed by atoms with Gasteiger partial charge in [0.25, 0.3) is 0 Å². The van der Waals surface area contributed by atoms with E-state index in [0.29, 0.717) is 13.1 Å². The minimum atomic E-state index is -0.641. The van der Waals surface area contributed by atoms with Gasteiger partial charge in [0.05, 0.1) is 12.1 Å². The van der Waals surface area contributed by atoms with Crippen LogP contribution in [0.2, 0.25) is 0 Å². The van der Waals surface area contributed by atoms with Gasteiger partial charge in [0.2, 0.25) is 0 Å². The van der Waals surface area contributed by atoms with Gasteiger partial charge in [0, 0.05) is 20.1 Å². The zero-order valence-corrected chi connectivity index (χ0v) is 16.2. The third-order valence-corrected chi connectivity index (χ3v) is 4.09. The Balaban J connectivity index is 0.00000264. The molecule has 0 spiro atoms. The molecule has 2 rings (SSSR count). The summed E-state index contributed by atoms with van der Waals surface area (Å²) in [4.78, 5) is 6.58. The van der Waals surface area contributed by atoms with E-state index in [9.17, 15) is 9.50 Å². The van der Waals surface area contributed by atoms with Crippen LogP contribution in [-0.4, -0.2) is 41.7 Å². The van der Waals surface area contributed by atoms with E-state index in [0.717, 1.165) is 43.8 Å². The molecule has 23 heavy (non-hydrogen) atoms. The van der Waals surface area contributed by atoms with Gasteiger partial charge in [0.1, 0.15) is 5.82 Å². The monoisotopic (exact) mass is 435 g/mol. The van der Waals surface area contributed by atoms with Gasteiger partial charge in [-0.3, -0.25) is 4.99 Å². The molecule has 1 aromatic rings. The standard InChI is InChI=1S/C17H26FN3O.HI/c1-3-19-16(20-13-17(22)10-4-5-11-17)21(2)12-14-6-8-15(18)9-7-14;/h6-9,22H,3-5,10-13H2,1-2H3,(H,19,20);1H. The molecule has 0 saturated heterocycles. The highest BCUT2D eigenvalue weighted by Crippen LogP contribution is 2.29. The van der Waals surface area contributed by atoms with Crippen molar-refractivity contribution in [3.05, 3.63) is 35.6 Å². The molecule has 1 saturated carbocycles. The van der Waals surface area contributed by atoms with E-state index in [1.54, 1.807) is 12.1 Å². The fourth-order valence-electron chi connectivity index (χ4n) is 2.82. The molecule has 0 heterocycles. The van der Waals surface area contributed by atoms with Crippen molar-refractivity contribution in [2.45, 2.75) is 44.8 Å². The summed E-state index contributed by atoms with van der Waals surface area (Å²) in [5, 5.41) is 13.7. The molecule has 0 aliphatic heterocycles. The third-order valence-electron chi connectivity index (χ3n) is 4.09. The molecule has 0 aromatic heterocycles. The highest BCUT2D eigenvalue weighted by atomic mass is 127. The predicted molar refractivity (Wildman–Crippen MR) is 103 cm³/mol. The van der Waals surface area contributed by atoms with E-state index in [-0.39, 0.29) is 29.8 Å². The van der Waals surface area contributed by atoms with Gasteiger partial charge in [-0.1, -0.05) is 25.0 Å². The Morgan fingerprint density at radius 3 is 2.48 bits per heavy atom. The second-order valence-electron chi connectivity index (χ2n) is 6.08. The molecular weight excluding hydrogens is 408 g/mol.